The maximum absolute atomic E-state index is 12.5. The van der Waals surface area contributed by atoms with E-state index in [1.54, 1.807) is 40.9 Å². The van der Waals surface area contributed by atoms with Crippen LogP contribution in [-0.2, 0) is 9.59 Å². The summed E-state index contributed by atoms with van der Waals surface area (Å²) in [6.07, 6.45) is 0. The molecule has 0 fully saturated rings. The summed E-state index contributed by atoms with van der Waals surface area (Å²) in [4.78, 5) is 54.4. The van der Waals surface area contributed by atoms with Gasteiger partial charge in [-0.3, -0.25) is 29.4 Å². The minimum Gasteiger partial charge on any atom is -0.326 e. The molecule has 11 heteroatoms. The Morgan fingerprint density at radius 2 is 1.64 bits per heavy atom. The molecular weight excluding hydrogens is 444 g/mol. The van der Waals surface area contributed by atoms with E-state index in [1.165, 1.54) is 18.3 Å². The quantitative estimate of drug-likeness (QED) is 0.441. The van der Waals surface area contributed by atoms with Crippen molar-refractivity contribution in [3.05, 3.63) is 65.0 Å². The molecule has 1 aliphatic heterocycles. The third-order valence-electron chi connectivity index (χ3n) is 5.01. The lowest BCUT2D eigenvalue weighted by molar-refractivity contribution is -0.116. The van der Waals surface area contributed by atoms with Gasteiger partial charge in [0.15, 0.2) is 0 Å². The minimum atomic E-state index is -0.580. The Labute approximate surface area is 190 Å². The molecule has 0 unspecified atom stereocenters. The Morgan fingerprint density at radius 3 is 2.27 bits per heavy atom. The second kappa shape index (κ2) is 7.95. The highest BCUT2D eigenvalue weighted by Crippen LogP contribution is 2.27. The second-order valence-corrected chi connectivity index (χ2v) is 8.14. The maximum atomic E-state index is 12.5. The first-order chi connectivity index (χ1) is 15.9. The lowest BCUT2D eigenvalue weighted by Crippen LogP contribution is -2.37. The van der Waals surface area contributed by atoms with Crippen LogP contribution >= 0.6 is 11.3 Å². The van der Waals surface area contributed by atoms with Crippen molar-refractivity contribution in [1.82, 2.24) is 19.5 Å². The van der Waals surface area contributed by atoms with Crippen molar-refractivity contribution in [2.75, 3.05) is 17.2 Å². The molecule has 33 heavy (non-hydrogen) atoms. The molecule has 0 aliphatic carbocycles. The highest BCUT2D eigenvalue weighted by atomic mass is 32.1. The highest BCUT2D eigenvalue weighted by molar-refractivity contribution is 7.15. The molecule has 164 valence electrons. The number of hydrogen-bond donors (Lipinski definition) is 2. The fourth-order valence-corrected chi connectivity index (χ4v) is 4.38. The topological polar surface area (TPSA) is 126 Å². The third kappa shape index (κ3) is 3.74. The largest absolute Gasteiger partial charge is 0.326 e. The summed E-state index contributed by atoms with van der Waals surface area (Å²) in [6, 6.07) is 13.7. The first-order valence-corrected chi connectivity index (χ1v) is 10.8. The number of amides is 4. The van der Waals surface area contributed by atoms with Crippen LogP contribution in [0.4, 0.5) is 11.6 Å². The molecule has 5 rings (SSSR count). The van der Waals surface area contributed by atoms with Gasteiger partial charge in [-0.25, -0.2) is 4.52 Å². The molecule has 0 bridgehead atoms. The Bertz CT molecular complexity index is 1400. The second-order valence-electron chi connectivity index (χ2n) is 7.30. The van der Waals surface area contributed by atoms with Crippen LogP contribution in [0.2, 0.25) is 0 Å². The summed E-state index contributed by atoms with van der Waals surface area (Å²) in [6.45, 7) is 1.01. The van der Waals surface area contributed by atoms with Crippen LogP contribution in [0.5, 0.6) is 0 Å². The standard InChI is InChI=1S/C22H16N6O4S/c1-12(29)23-14-8-6-13(7-9-14)17-11-33-22-25-21(26-28(17)22)24-18(30)10-27-19(31)15-4-2-3-5-16(15)20(27)32/h2-9,11H,10H2,1H3,(H,23,29)(H,24,26,30). The van der Waals surface area contributed by atoms with Crippen LogP contribution < -0.4 is 10.6 Å². The smallest absolute Gasteiger partial charge is 0.262 e. The molecule has 10 nitrogen and oxygen atoms in total. The fraction of sp³-hybridized carbons (Fsp3) is 0.0909. The van der Waals surface area contributed by atoms with E-state index in [9.17, 15) is 19.2 Å². The van der Waals surface area contributed by atoms with Crippen LogP contribution in [-0.4, -0.2) is 49.7 Å². The van der Waals surface area contributed by atoms with E-state index in [-0.39, 0.29) is 23.0 Å². The summed E-state index contributed by atoms with van der Waals surface area (Å²) in [5.74, 6) is -1.67. The van der Waals surface area contributed by atoms with Gasteiger partial charge >= 0.3 is 0 Å². The molecule has 0 radical (unpaired) electrons. The van der Waals surface area contributed by atoms with Crippen molar-refractivity contribution in [2.24, 2.45) is 0 Å². The fourth-order valence-electron chi connectivity index (χ4n) is 3.55. The first kappa shape index (κ1) is 20.5. The monoisotopic (exact) mass is 460 g/mol. The molecule has 0 saturated heterocycles. The maximum Gasteiger partial charge on any atom is 0.262 e. The molecule has 1 aliphatic rings. The van der Waals surface area contributed by atoms with Gasteiger partial charge in [0.25, 0.3) is 17.8 Å². The number of imide groups is 1. The summed E-state index contributed by atoms with van der Waals surface area (Å²) >= 11 is 1.35. The van der Waals surface area contributed by atoms with Gasteiger partial charge in [0.2, 0.25) is 16.8 Å². The molecular formula is C22H16N6O4S. The summed E-state index contributed by atoms with van der Waals surface area (Å²) in [5, 5.41) is 11.5. The van der Waals surface area contributed by atoms with E-state index in [0.29, 0.717) is 10.6 Å². The number of anilines is 2. The average molecular weight is 460 g/mol. The normalized spacial score (nSPS) is 12.8. The van der Waals surface area contributed by atoms with Gasteiger partial charge in [-0.2, -0.15) is 4.98 Å². The van der Waals surface area contributed by atoms with Crippen molar-refractivity contribution in [3.8, 4) is 11.3 Å². The first-order valence-electron chi connectivity index (χ1n) is 9.88. The van der Waals surface area contributed by atoms with E-state index in [2.05, 4.69) is 20.7 Å². The Balaban J connectivity index is 1.31. The number of benzene rings is 2. The number of hydrogen-bond acceptors (Lipinski definition) is 7. The summed E-state index contributed by atoms with van der Waals surface area (Å²) in [7, 11) is 0. The Morgan fingerprint density at radius 1 is 0.970 bits per heavy atom. The lowest BCUT2D eigenvalue weighted by Gasteiger charge is -2.12. The minimum absolute atomic E-state index is 0.0691. The predicted molar refractivity (Wildman–Crippen MR) is 121 cm³/mol. The van der Waals surface area contributed by atoms with Crippen LogP contribution in [0.3, 0.4) is 0 Å². The van der Waals surface area contributed by atoms with Gasteiger partial charge in [0, 0.05) is 23.6 Å². The summed E-state index contributed by atoms with van der Waals surface area (Å²) < 4.78 is 1.59. The number of rotatable bonds is 5. The number of fused-ring (bicyclic) bond motifs is 2. The number of nitrogens with one attached hydrogen (secondary N) is 2. The van der Waals surface area contributed by atoms with Crippen molar-refractivity contribution in [3.63, 3.8) is 0 Å². The van der Waals surface area contributed by atoms with Crippen molar-refractivity contribution in [2.45, 2.75) is 6.92 Å². The lowest BCUT2D eigenvalue weighted by atomic mass is 10.1. The summed E-state index contributed by atoms with van der Waals surface area (Å²) in [5.41, 5.74) is 2.86. The van der Waals surface area contributed by atoms with Gasteiger partial charge in [-0.15, -0.1) is 16.4 Å². The molecule has 2 aromatic carbocycles. The van der Waals surface area contributed by atoms with Crippen LogP contribution in [0, 0.1) is 0 Å². The average Bonchev–Trinajstić information content (AvgIpc) is 3.43. The molecule has 3 heterocycles. The SMILES string of the molecule is CC(=O)Nc1ccc(-c2csc3nc(NC(=O)CN4C(=O)c5ccccc5C4=O)nn23)cc1. The van der Waals surface area contributed by atoms with Crippen molar-refractivity contribution in [1.29, 1.82) is 0 Å². The molecule has 4 aromatic rings. The number of carbonyl (C=O) groups is 4. The van der Waals surface area contributed by atoms with Crippen LogP contribution in [0.1, 0.15) is 27.6 Å². The molecule has 0 atom stereocenters. The van der Waals surface area contributed by atoms with Gasteiger partial charge in [-0.1, -0.05) is 24.3 Å². The van der Waals surface area contributed by atoms with E-state index in [0.717, 1.165) is 16.2 Å². The van der Waals surface area contributed by atoms with Crippen LogP contribution in [0.25, 0.3) is 16.2 Å². The van der Waals surface area contributed by atoms with Crippen molar-refractivity contribution < 1.29 is 19.2 Å². The number of thiazole rings is 1. The van der Waals surface area contributed by atoms with E-state index >= 15 is 0 Å². The van der Waals surface area contributed by atoms with Gasteiger partial charge in [0.05, 0.1) is 16.8 Å². The zero-order chi connectivity index (χ0) is 23.1. The highest BCUT2D eigenvalue weighted by Gasteiger charge is 2.36. The van der Waals surface area contributed by atoms with E-state index in [4.69, 9.17) is 0 Å². The zero-order valence-electron chi connectivity index (χ0n) is 17.2. The Hall–Kier alpha value is -4.38. The molecule has 2 aromatic heterocycles. The molecule has 4 amide bonds. The zero-order valence-corrected chi connectivity index (χ0v) is 18.0. The number of aromatic nitrogens is 3. The van der Waals surface area contributed by atoms with Crippen LogP contribution in [0.15, 0.2) is 53.9 Å². The molecule has 2 N–H and O–H groups in total. The number of nitrogens with zero attached hydrogens (tertiary/aromatic N) is 4. The molecule has 0 spiro atoms. The number of carbonyl (C=O) groups excluding carboxylic acids is 4. The molecule has 0 saturated carbocycles. The van der Waals surface area contributed by atoms with E-state index in [1.807, 2.05) is 17.5 Å². The predicted octanol–water partition coefficient (Wildman–Crippen LogP) is 2.65. The van der Waals surface area contributed by atoms with E-state index < -0.39 is 24.3 Å². The Kier molecular flexibility index (Phi) is 4.94. The third-order valence-corrected chi connectivity index (χ3v) is 5.83. The van der Waals surface area contributed by atoms with Gasteiger partial charge in [-0.05, 0) is 24.3 Å². The van der Waals surface area contributed by atoms with Gasteiger partial charge in [0.1, 0.15) is 6.54 Å². The van der Waals surface area contributed by atoms with Gasteiger partial charge < -0.3 is 5.32 Å². The van der Waals surface area contributed by atoms with Crippen molar-refractivity contribution >= 4 is 51.6 Å².